The lowest BCUT2D eigenvalue weighted by Crippen LogP contribution is -2.56. The molecule has 1 saturated heterocycles. The lowest BCUT2D eigenvalue weighted by Gasteiger charge is -2.32. The van der Waals surface area contributed by atoms with Crippen molar-refractivity contribution >= 4 is 33.4 Å². The number of nitrogens with one attached hydrogen (secondary N) is 1. The molecule has 0 aromatic heterocycles. The number of aryl methyl sites for hydroxylation is 1. The molecule has 1 aromatic carbocycles. The van der Waals surface area contributed by atoms with E-state index < -0.39 is 5.54 Å². The van der Waals surface area contributed by atoms with Gasteiger partial charge in [-0.25, -0.2) is 0 Å². The van der Waals surface area contributed by atoms with Crippen molar-refractivity contribution in [3.05, 3.63) is 28.2 Å². The Labute approximate surface area is 133 Å². The van der Waals surface area contributed by atoms with E-state index in [4.69, 9.17) is 0 Å². The molecule has 1 N–H and O–H groups in total. The predicted molar refractivity (Wildman–Crippen MR) is 85.1 cm³/mol. The molecule has 3 rings (SSSR count). The molecule has 1 unspecified atom stereocenters. The summed E-state index contributed by atoms with van der Waals surface area (Å²) in [5, 5.41) is 2.95. The van der Waals surface area contributed by atoms with Crippen LogP contribution in [-0.2, 0) is 9.59 Å². The normalized spacial score (nSPS) is 26.5. The molecule has 1 aliphatic heterocycles. The Morgan fingerprint density at radius 2 is 2.00 bits per heavy atom. The zero-order valence-electron chi connectivity index (χ0n) is 12.3. The van der Waals surface area contributed by atoms with Crippen LogP contribution in [0.25, 0.3) is 0 Å². The third kappa shape index (κ3) is 2.71. The smallest absolute Gasteiger partial charge is 0.252 e. The van der Waals surface area contributed by atoms with E-state index in [1.807, 2.05) is 32.0 Å². The Hall–Kier alpha value is -1.36. The van der Waals surface area contributed by atoms with E-state index in [-0.39, 0.29) is 17.7 Å². The third-order valence-corrected chi connectivity index (χ3v) is 4.84. The first-order valence-electron chi connectivity index (χ1n) is 7.30. The molecule has 4 nitrogen and oxygen atoms in total. The molecule has 21 heavy (non-hydrogen) atoms. The average Bonchev–Trinajstić information content (AvgIpc) is 3.21. The number of halogens is 1. The SMILES string of the molecule is Cc1cc(Br)cc(N2CCC(=O)NC(C)(C3CC3)C2=O)c1. The van der Waals surface area contributed by atoms with Gasteiger partial charge in [-0.2, -0.15) is 0 Å². The number of anilines is 1. The molecule has 2 fully saturated rings. The van der Waals surface area contributed by atoms with Crippen molar-refractivity contribution in [2.75, 3.05) is 11.4 Å². The molecule has 2 aliphatic rings. The van der Waals surface area contributed by atoms with Gasteiger partial charge in [0.2, 0.25) is 5.91 Å². The van der Waals surface area contributed by atoms with Crippen molar-refractivity contribution < 1.29 is 9.59 Å². The molecular weight excluding hydrogens is 332 g/mol. The van der Waals surface area contributed by atoms with Gasteiger partial charge in [0.05, 0.1) is 0 Å². The van der Waals surface area contributed by atoms with Crippen molar-refractivity contribution in [1.29, 1.82) is 0 Å². The summed E-state index contributed by atoms with van der Waals surface area (Å²) in [5.41, 5.74) is 1.18. The standard InChI is InChI=1S/C16H19BrN2O2/c1-10-7-12(17)9-13(8-10)19-6-5-14(20)18-16(2,15(19)21)11-3-4-11/h7-9,11H,3-6H2,1-2H3,(H,18,20). The molecular formula is C16H19BrN2O2. The monoisotopic (exact) mass is 350 g/mol. The van der Waals surface area contributed by atoms with Crippen LogP contribution in [0.15, 0.2) is 22.7 Å². The first-order chi connectivity index (χ1) is 9.90. The summed E-state index contributed by atoms with van der Waals surface area (Å²) in [4.78, 5) is 26.8. The highest BCUT2D eigenvalue weighted by Crippen LogP contribution is 2.42. The van der Waals surface area contributed by atoms with Gasteiger partial charge in [0.15, 0.2) is 0 Å². The van der Waals surface area contributed by atoms with E-state index in [0.717, 1.165) is 28.6 Å². The minimum Gasteiger partial charge on any atom is -0.342 e. The maximum Gasteiger partial charge on any atom is 0.252 e. The van der Waals surface area contributed by atoms with Crippen LogP contribution in [0.2, 0.25) is 0 Å². The van der Waals surface area contributed by atoms with Crippen LogP contribution in [0.4, 0.5) is 5.69 Å². The molecule has 1 aromatic rings. The van der Waals surface area contributed by atoms with E-state index in [0.29, 0.717) is 13.0 Å². The van der Waals surface area contributed by atoms with Gasteiger partial charge in [-0.05, 0) is 56.4 Å². The fourth-order valence-corrected chi connectivity index (χ4v) is 3.65. The van der Waals surface area contributed by atoms with Crippen molar-refractivity contribution in [3.63, 3.8) is 0 Å². The molecule has 1 atom stereocenters. The van der Waals surface area contributed by atoms with Crippen LogP contribution in [0.1, 0.15) is 31.7 Å². The van der Waals surface area contributed by atoms with Gasteiger partial charge in [-0.1, -0.05) is 15.9 Å². The van der Waals surface area contributed by atoms with Gasteiger partial charge in [-0.15, -0.1) is 0 Å². The fourth-order valence-electron chi connectivity index (χ4n) is 3.06. The molecule has 2 amide bonds. The van der Waals surface area contributed by atoms with Gasteiger partial charge in [0, 0.05) is 23.1 Å². The van der Waals surface area contributed by atoms with Crippen LogP contribution >= 0.6 is 15.9 Å². The number of carbonyl (C=O) groups is 2. The molecule has 0 bridgehead atoms. The first-order valence-corrected chi connectivity index (χ1v) is 8.09. The van der Waals surface area contributed by atoms with Gasteiger partial charge in [0.25, 0.3) is 5.91 Å². The van der Waals surface area contributed by atoms with Crippen LogP contribution < -0.4 is 10.2 Å². The van der Waals surface area contributed by atoms with Gasteiger partial charge in [-0.3, -0.25) is 9.59 Å². The van der Waals surface area contributed by atoms with E-state index in [2.05, 4.69) is 21.2 Å². The highest BCUT2D eigenvalue weighted by Gasteiger charge is 2.51. The van der Waals surface area contributed by atoms with Crippen LogP contribution in [0.3, 0.4) is 0 Å². The number of rotatable bonds is 2. The quantitative estimate of drug-likeness (QED) is 0.891. The second-order valence-corrected chi connectivity index (χ2v) is 7.13. The predicted octanol–water partition coefficient (Wildman–Crippen LogP) is 2.78. The zero-order chi connectivity index (χ0) is 15.2. The summed E-state index contributed by atoms with van der Waals surface area (Å²) in [7, 11) is 0. The van der Waals surface area contributed by atoms with Gasteiger partial charge >= 0.3 is 0 Å². The highest BCUT2D eigenvalue weighted by atomic mass is 79.9. The molecule has 0 spiro atoms. The molecule has 1 aliphatic carbocycles. The Balaban J connectivity index is 2.00. The van der Waals surface area contributed by atoms with Gasteiger partial charge < -0.3 is 10.2 Å². The largest absolute Gasteiger partial charge is 0.342 e. The minimum atomic E-state index is -0.760. The maximum atomic E-state index is 13.0. The van der Waals surface area contributed by atoms with Crippen molar-refractivity contribution in [1.82, 2.24) is 5.32 Å². The number of hydrogen-bond acceptors (Lipinski definition) is 2. The van der Waals surface area contributed by atoms with E-state index >= 15 is 0 Å². The lowest BCUT2D eigenvalue weighted by atomic mass is 9.94. The topological polar surface area (TPSA) is 49.4 Å². The van der Waals surface area contributed by atoms with Crippen molar-refractivity contribution in [2.24, 2.45) is 5.92 Å². The first kappa shape index (κ1) is 14.6. The molecule has 0 radical (unpaired) electrons. The summed E-state index contributed by atoms with van der Waals surface area (Å²) >= 11 is 3.48. The Morgan fingerprint density at radius 3 is 2.62 bits per heavy atom. The Bertz CT molecular complexity index is 592. The number of benzene rings is 1. The highest BCUT2D eigenvalue weighted by molar-refractivity contribution is 9.10. The van der Waals surface area contributed by atoms with Crippen LogP contribution in [-0.4, -0.2) is 23.9 Å². The number of nitrogens with zero attached hydrogens (tertiary/aromatic N) is 1. The Kier molecular flexibility index (Phi) is 3.56. The van der Waals surface area contributed by atoms with E-state index in [1.54, 1.807) is 4.90 Å². The number of amides is 2. The average molecular weight is 351 g/mol. The number of hydrogen-bond donors (Lipinski definition) is 1. The van der Waals surface area contributed by atoms with Crippen molar-refractivity contribution in [2.45, 2.75) is 38.6 Å². The number of carbonyl (C=O) groups excluding carboxylic acids is 2. The Morgan fingerprint density at radius 1 is 1.29 bits per heavy atom. The van der Waals surface area contributed by atoms with Crippen LogP contribution in [0.5, 0.6) is 0 Å². The summed E-state index contributed by atoms with van der Waals surface area (Å²) in [6, 6.07) is 5.94. The maximum absolute atomic E-state index is 13.0. The summed E-state index contributed by atoms with van der Waals surface area (Å²) in [5.74, 6) is 0.239. The third-order valence-electron chi connectivity index (χ3n) is 4.38. The molecule has 5 heteroatoms. The van der Waals surface area contributed by atoms with Gasteiger partial charge in [0.1, 0.15) is 5.54 Å². The molecule has 1 saturated carbocycles. The molecule has 112 valence electrons. The minimum absolute atomic E-state index is 0.00773. The summed E-state index contributed by atoms with van der Waals surface area (Å²) < 4.78 is 0.946. The lowest BCUT2D eigenvalue weighted by molar-refractivity contribution is -0.130. The summed E-state index contributed by atoms with van der Waals surface area (Å²) in [6.45, 7) is 4.30. The second kappa shape index (κ2) is 5.13. The van der Waals surface area contributed by atoms with E-state index in [1.165, 1.54) is 0 Å². The summed E-state index contributed by atoms with van der Waals surface area (Å²) in [6.07, 6.45) is 2.36. The molecule has 1 heterocycles. The fraction of sp³-hybridized carbons (Fsp3) is 0.500. The van der Waals surface area contributed by atoms with Crippen molar-refractivity contribution in [3.8, 4) is 0 Å². The zero-order valence-corrected chi connectivity index (χ0v) is 13.9. The van der Waals surface area contributed by atoms with Crippen LogP contribution in [0, 0.1) is 12.8 Å². The second-order valence-electron chi connectivity index (χ2n) is 6.22. The van der Waals surface area contributed by atoms with E-state index in [9.17, 15) is 9.59 Å².